The number of hydrogen-bond acceptors (Lipinski definition) is 4. The van der Waals surface area contributed by atoms with E-state index in [1.807, 2.05) is 12.1 Å². The van der Waals surface area contributed by atoms with Gasteiger partial charge in [-0.25, -0.2) is 4.98 Å². The number of nitrogens with zero attached hydrogens (tertiary/aromatic N) is 2. The van der Waals surface area contributed by atoms with Crippen LogP contribution in [0.25, 0.3) is 0 Å². The second-order valence-electron chi connectivity index (χ2n) is 4.72. The zero-order valence-corrected chi connectivity index (χ0v) is 9.65. The summed E-state index contributed by atoms with van der Waals surface area (Å²) in [5.74, 6) is 1.34. The molecule has 1 aliphatic heterocycles. The fraction of sp³-hybridized carbons (Fsp3) is 0.538. The summed E-state index contributed by atoms with van der Waals surface area (Å²) in [6, 6.07) is 6.34. The minimum Gasteiger partial charge on any atom is -0.379 e. The number of ether oxygens (including phenoxy) is 1. The first-order valence-electron chi connectivity index (χ1n) is 6.12. The average molecular weight is 229 g/mol. The lowest BCUT2D eigenvalue weighted by molar-refractivity contribution is 0.195. The Balaban J connectivity index is 1.83. The number of anilines is 1. The Hall–Kier alpha value is -1.60. The molecule has 17 heavy (non-hydrogen) atoms. The molecule has 0 spiro atoms. The third kappa shape index (κ3) is 2.25. The van der Waals surface area contributed by atoms with Crippen molar-refractivity contribution in [3.05, 3.63) is 23.4 Å². The molecule has 1 saturated heterocycles. The Kier molecular flexibility index (Phi) is 2.69. The molecule has 1 saturated carbocycles. The molecular weight excluding hydrogens is 214 g/mol. The Labute approximate surface area is 101 Å². The molecule has 1 N–H and O–H groups in total. The summed E-state index contributed by atoms with van der Waals surface area (Å²) in [6.07, 6.45) is 3.44. The summed E-state index contributed by atoms with van der Waals surface area (Å²) in [5.41, 5.74) is 1.74. The van der Waals surface area contributed by atoms with E-state index in [1.54, 1.807) is 0 Å². The van der Waals surface area contributed by atoms with Gasteiger partial charge in [0.2, 0.25) is 0 Å². The predicted molar refractivity (Wildman–Crippen MR) is 63.8 cm³/mol. The molecule has 1 unspecified atom stereocenters. The van der Waals surface area contributed by atoms with E-state index in [0.29, 0.717) is 24.1 Å². The van der Waals surface area contributed by atoms with Gasteiger partial charge in [0, 0.05) is 18.2 Å². The van der Waals surface area contributed by atoms with Crippen molar-refractivity contribution in [3.8, 4) is 6.07 Å². The monoisotopic (exact) mass is 229 g/mol. The number of hydrogen-bond donors (Lipinski definition) is 1. The standard InChI is InChI=1S/C13H15N3O/c14-7-10-3-4-12(9-1-2-9)16-13(10)15-11-5-6-17-8-11/h3-4,9,11H,1-2,5-6,8H2,(H,15,16). The minimum absolute atomic E-state index is 0.295. The van der Waals surface area contributed by atoms with Crippen LogP contribution in [0.1, 0.15) is 36.4 Å². The van der Waals surface area contributed by atoms with Gasteiger partial charge < -0.3 is 10.1 Å². The minimum atomic E-state index is 0.295. The van der Waals surface area contributed by atoms with Crippen molar-refractivity contribution in [2.75, 3.05) is 18.5 Å². The molecule has 2 aliphatic rings. The number of pyridine rings is 1. The highest BCUT2D eigenvalue weighted by Crippen LogP contribution is 2.39. The predicted octanol–water partition coefficient (Wildman–Crippen LogP) is 2.03. The van der Waals surface area contributed by atoms with Crippen LogP contribution in [0.4, 0.5) is 5.82 Å². The molecule has 2 heterocycles. The van der Waals surface area contributed by atoms with Crippen molar-refractivity contribution in [1.82, 2.24) is 4.98 Å². The van der Waals surface area contributed by atoms with Crippen molar-refractivity contribution in [1.29, 1.82) is 5.26 Å². The maximum absolute atomic E-state index is 9.08. The maximum Gasteiger partial charge on any atom is 0.144 e. The van der Waals surface area contributed by atoms with E-state index in [4.69, 9.17) is 10.00 Å². The summed E-state index contributed by atoms with van der Waals surface area (Å²) in [5, 5.41) is 12.4. The zero-order valence-electron chi connectivity index (χ0n) is 9.65. The molecule has 0 aromatic carbocycles. The van der Waals surface area contributed by atoms with Crippen LogP contribution in [0.15, 0.2) is 12.1 Å². The fourth-order valence-corrected chi connectivity index (χ4v) is 2.12. The number of nitrogens with one attached hydrogen (secondary N) is 1. The van der Waals surface area contributed by atoms with E-state index >= 15 is 0 Å². The maximum atomic E-state index is 9.08. The van der Waals surface area contributed by atoms with Crippen LogP contribution in [0.2, 0.25) is 0 Å². The van der Waals surface area contributed by atoms with Crippen molar-refractivity contribution in [2.24, 2.45) is 0 Å². The van der Waals surface area contributed by atoms with E-state index in [2.05, 4.69) is 16.4 Å². The SMILES string of the molecule is N#Cc1ccc(C2CC2)nc1NC1CCOC1. The summed E-state index contributed by atoms with van der Waals surface area (Å²) in [6.45, 7) is 1.50. The van der Waals surface area contributed by atoms with Crippen LogP contribution < -0.4 is 5.32 Å². The van der Waals surface area contributed by atoms with E-state index in [0.717, 1.165) is 24.5 Å². The molecule has 1 aromatic rings. The lowest BCUT2D eigenvalue weighted by Crippen LogP contribution is -2.20. The fourth-order valence-electron chi connectivity index (χ4n) is 2.12. The molecule has 0 radical (unpaired) electrons. The van der Waals surface area contributed by atoms with E-state index in [9.17, 15) is 0 Å². The highest BCUT2D eigenvalue weighted by molar-refractivity contribution is 5.53. The number of aromatic nitrogens is 1. The molecule has 0 amide bonds. The lowest BCUT2D eigenvalue weighted by atomic mass is 10.2. The first-order valence-corrected chi connectivity index (χ1v) is 6.12. The van der Waals surface area contributed by atoms with Gasteiger partial charge >= 0.3 is 0 Å². The second kappa shape index (κ2) is 4.34. The first kappa shape index (κ1) is 10.5. The second-order valence-corrected chi connectivity index (χ2v) is 4.72. The molecule has 1 aromatic heterocycles. The smallest absolute Gasteiger partial charge is 0.144 e. The van der Waals surface area contributed by atoms with Gasteiger partial charge in [-0.15, -0.1) is 0 Å². The summed E-state index contributed by atoms with van der Waals surface area (Å²) in [7, 11) is 0. The van der Waals surface area contributed by atoms with Crippen LogP contribution in [-0.4, -0.2) is 24.2 Å². The van der Waals surface area contributed by atoms with Crippen LogP contribution in [0, 0.1) is 11.3 Å². The quantitative estimate of drug-likeness (QED) is 0.861. The Morgan fingerprint density at radius 3 is 2.88 bits per heavy atom. The Morgan fingerprint density at radius 1 is 1.35 bits per heavy atom. The van der Waals surface area contributed by atoms with Gasteiger partial charge in [-0.05, 0) is 31.4 Å². The topological polar surface area (TPSA) is 57.9 Å². The first-order chi connectivity index (χ1) is 8.36. The Bertz CT molecular complexity index is 456. The third-order valence-corrected chi connectivity index (χ3v) is 3.30. The van der Waals surface area contributed by atoms with Gasteiger partial charge in [0.05, 0.1) is 18.2 Å². The molecule has 1 aliphatic carbocycles. The molecule has 1 atom stereocenters. The lowest BCUT2D eigenvalue weighted by Gasteiger charge is -2.13. The highest BCUT2D eigenvalue weighted by atomic mass is 16.5. The largest absolute Gasteiger partial charge is 0.379 e. The van der Waals surface area contributed by atoms with Crippen LogP contribution in [0.5, 0.6) is 0 Å². The summed E-state index contributed by atoms with van der Waals surface area (Å²) >= 11 is 0. The number of nitriles is 1. The van der Waals surface area contributed by atoms with E-state index in [1.165, 1.54) is 12.8 Å². The summed E-state index contributed by atoms with van der Waals surface area (Å²) < 4.78 is 5.32. The number of rotatable bonds is 3. The van der Waals surface area contributed by atoms with Gasteiger partial charge in [0.1, 0.15) is 11.9 Å². The molecular formula is C13H15N3O. The van der Waals surface area contributed by atoms with E-state index < -0.39 is 0 Å². The molecule has 88 valence electrons. The molecule has 2 fully saturated rings. The zero-order chi connectivity index (χ0) is 11.7. The van der Waals surface area contributed by atoms with Crippen LogP contribution in [0.3, 0.4) is 0 Å². The van der Waals surface area contributed by atoms with Gasteiger partial charge in [-0.3, -0.25) is 0 Å². The average Bonchev–Trinajstić information content (AvgIpc) is 3.09. The van der Waals surface area contributed by atoms with E-state index in [-0.39, 0.29) is 0 Å². The van der Waals surface area contributed by atoms with Crippen molar-refractivity contribution >= 4 is 5.82 Å². The highest BCUT2D eigenvalue weighted by Gasteiger charge is 2.26. The molecule has 3 rings (SSSR count). The molecule has 0 bridgehead atoms. The van der Waals surface area contributed by atoms with Gasteiger partial charge in [-0.2, -0.15) is 5.26 Å². The van der Waals surface area contributed by atoms with Gasteiger partial charge in [0.25, 0.3) is 0 Å². The van der Waals surface area contributed by atoms with Crippen molar-refractivity contribution in [3.63, 3.8) is 0 Å². The summed E-state index contributed by atoms with van der Waals surface area (Å²) in [4.78, 5) is 4.58. The normalized spacial score (nSPS) is 23.4. The van der Waals surface area contributed by atoms with Crippen molar-refractivity contribution < 1.29 is 4.74 Å². The Morgan fingerprint density at radius 2 is 2.24 bits per heavy atom. The van der Waals surface area contributed by atoms with Gasteiger partial charge in [-0.1, -0.05) is 0 Å². The van der Waals surface area contributed by atoms with Crippen molar-refractivity contribution in [2.45, 2.75) is 31.2 Å². The third-order valence-electron chi connectivity index (χ3n) is 3.30. The molecule has 4 nitrogen and oxygen atoms in total. The van der Waals surface area contributed by atoms with Crippen LogP contribution in [-0.2, 0) is 4.74 Å². The van der Waals surface area contributed by atoms with Gasteiger partial charge in [0.15, 0.2) is 0 Å². The van der Waals surface area contributed by atoms with Crippen LogP contribution >= 0.6 is 0 Å². The molecule has 4 heteroatoms.